The molecule has 3 fully saturated rings. The maximum Gasteiger partial charge on any atom is 0.338 e. The van der Waals surface area contributed by atoms with Crippen molar-refractivity contribution in [1.82, 2.24) is 0 Å². The van der Waals surface area contributed by atoms with Crippen LogP contribution in [0.15, 0.2) is 255 Å². The second-order valence-corrected chi connectivity index (χ2v) is 27.0. The highest BCUT2D eigenvalue weighted by molar-refractivity contribution is 7.99. The molecule has 19 heteroatoms. The molecule has 0 aliphatic carbocycles. The predicted molar refractivity (Wildman–Crippen MR) is 390 cm³/mol. The van der Waals surface area contributed by atoms with Gasteiger partial charge in [0.15, 0.2) is 30.9 Å². The zero-order chi connectivity index (χ0) is 72.0. The largest absolute Gasteiger partial charge is 0.452 e. The van der Waals surface area contributed by atoms with Gasteiger partial charge in [0, 0.05) is 0 Å². The lowest BCUT2D eigenvalue weighted by Crippen LogP contribution is -2.68. The molecule has 3 heterocycles. The van der Waals surface area contributed by atoms with Crippen molar-refractivity contribution >= 4 is 29.7 Å². The molecule has 0 spiro atoms. The van der Waals surface area contributed by atoms with Crippen molar-refractivity contribution in [3.63, 3.8) is 0 Å². The van der Waals surface area contributed by atoms with Gasteiger partial charge in [-0.05, 0) is 96.8 Å². The molecular formula is C85H88O18S. The molecule has 18 nitrogen and oxygen atoms in total. The average Bonchev–Trinajstić information content (AvgIpc) is 0.760. The van der Waals surface area contributed by atoms with Crippen molar-refractivity contribution < 1.29 is 85.8 Å². The summed E-state index contributed by atoms with van der Waals surface area (Å²) in [4.78, 5) is 44.9. The van der Waals surface area contributed by atoms with Crippen LogP contribution in [0, 0.1) is 20.8 Å². The van der Waals surface area contributed by atoms with Crippen molar-refractivity contribution in [1.29, 1.82) is 0 Å². The van der Waals surface area contributed by atoms with Gasteiger partial charge < -0.3 is 71.4 Å². The Balaban J connectivity index is 0.998. The number of aliphatic hydroxyl groups is 1. The predicted octanol–water partition coefficient (Wildman–Crippen LogP) is 13.7. The van der Waals surface area contributed by atoms with E-state index >= 15 is 4.79 Å². The summed E-state index contributed by atoms with van der Waals surface area (Å²) in [5, 5.41) is 12.8. The molecule has 3 saturated heterocycles. The van der Waals surface area contributed by atoms with E-state index in [2.05, 4.69) is 0 Å². The Hall–Kier alpha value is -8.74. The summed E-state index contributed by atoms with van der Waals surface area (Å²) >= 11 is 1.33. The van der Waals surface area contributed by atoms with E-state index in [1.165, 1.54) is 11.8 Å². The lowest BCUT2D eigenvalue weighted by atomic mass is 9.95. The molecule has 1 N–H and O–H groups in total. The molecular weight excluding hydrogens is 1340 g/mol. The van der Waals surface area contributed by atoms with Gasteiger partial charge in [-0.15, -0.1) is 11.8 Å². The van der Waals surface area contributed by atoms with Gasteiger partial charge in [0.2, 0.25) is 0 Å². The Labute approximate surface area is 611 Å². The molecule has 3 aliphatic heterocycles. The van der Waals surface area contributed by atoms with E-state index in [1.54, 1.807) is 60.7 Å². The fourth-order valence-corrected chi connectivity index (χ4v) is 13.3. The van der Waals surface area contributed by atoms with Crippen LogP contribution in [0.3, 0.4) is 0 Å². The first-order valence-corrected chi connectivity index (χ1v) is 36.3. The van der Waals surface area contributed by atoms with Gasteiger partial charge in [-0.2, -0.15) is 0 Å². The molecule has 0 bridgehead atoms. The van der Waals surface area contributed by atoms with E-state index in [0.29, 0.717) is 5.56 Å². The van der Waals surface area contributed by atoms with Crippen LogP contribution < -0.4 is 0 Å². The van der Waals surface area contributed by atoms with Crippen LogP contribution in [0.2, 0.25) is 0 Å². The van der Waals surface area contributed by atoms with Gasteiger partial charge >= 0.3 is 17.9 Å². The number of esters is 3. The molecule has 0 saturated carbocycles. The summed E-state index contributed by atoms with van der Waals surface area (Å²) < 4.78 is 97.7. The van der Waals surface area contributed by atoms with Gasteiger partial charge in [0.05, 0.1) is 76.2 Å². The zero-order valence-electron chi connectivity index (χ0n) is 58.6. The third-order valence-corrected chi connectivity index (χ3v) is 19.1. The van der Waals surface area contributed by atoms with Crippen molar-refractivity contribution in [2.24, 2.45) is 0 Å². The second kappa shape index (κ2) is 37.8. The number of carbonyl (C=O) groups is 3. The summed E-state index contributed by atoms with van der Waals surface area (Å²) in [7, 11) is 0. The van der Waals surface area contributed by atoms with Crippen LogP contribution in [-0.4, -0.2) is 140 Å². The Bertz CT molecular complexity index is 4050. The minimum absolute atomic E-state index is 0.0226. The highest BCUT2D eigenvalue weighted by Crippen LogP contribution is 2.40. The standard InChI is InChI=1S/C85H88O18S/c1-56-35-41-65(42-36-56)80(87)99-77-74(93-50-62-29-17-8-18-30-62)71(86)68(53-90-47-59-23-11-5-12-24-59)96-83(77)102-72-69(54-91-48-60-25-13-6-14-26-60)97-84(78(75(72)94-51-63-31-19-9-20-32-63)100-81(88)66-43-37-57(2)38-44-66)103-73-70(55-92-49-61-27-15-7-16-28-61)98-85(104-4)79(76(73)95-52-64-33-21-10-22-34-64)101-82(89)67-45-39-58(3)40-46-67/h5-46,68-79,83-86H,47-55H2,1-4H3. The molecule has 9 aromatic carbocycles. The van der Waals surface area contributed by atoms with Crippen LogP contribution >= 0.6 is 11.8 Å². The second-order valence-electron chi connectivity index (χ2n) is 26.1. The molecule has 9 aromatic rings. The van der Waals surface area contributed by atoms with Crippen molar-refractivity contribution in [2.45, 2.75) is 152 Å². The average molecular weight is 1430 g/mol. The highest BCUT2D eigenvalue weighted by Gasteiger charge is 2.58. The van der Waals surface area contributed by atoms with Crippen LogP contribution in [-0.2, 0) is 106 Å². The number of aliphatic hydroxyl groups excluding tert-OH is 1. The first-order valence-electron chi connectivity index (χ1n) is 35.0. The number of hydrogen-bond donors (Lipinski definition) is 1. The van der Waals surface area contributed by atoms with Gasteiger partial charge in [0.25, 0.3) is 0 Å². The third kappa shape index (κ3) is 20.6. The van der Waals surface area contributed by atoms with Crippen molar-refractivity contribution in [2.75, 3.05) is 26.1 Å². The maximum atomic E-state index is 15.4. The SMILES string of the molecule is CSC1OC(COCc2ccccc2)C(OC2OC(COCc3ccccc3)C(OC3OC(COCc4ccccc4)C(O)C(OCc4ccccc4)C3OC(=O)c3ccc(C)cc3)C(OCc3ccccc3)C2OC(=O)c2ccc(C)cc2)C(OCc2ccccc2)C1OC(=O)c1ccc(C)cc1. The fourth-order valence-electron chi connectivity index (χ4n) is 12.6. The van der Waals surface area contributed by atoms with Gasteiger partial charge in [-0.25, -0.2) is 14.4 Å². The van der Waals surface area contributed by atoms with Crippen molar-refractivity contribution in [3.05, 3.63) is 322 Å². The molecule has 12 rings (SSSR count). The number of hydrogen-bond acceptors (Lipinski definition) is 19. The van der Waals surface area contributed by atoms with Crippen LogP contribution in [0.25, 0.3) is 0 Å². The van der Waals surface area contributed by atoms with E-state index in [0.717, 1.165) is 50.1 Å². The lowest BCUT2D eigenvalue weighted by molar-refractivity contribution is -0.378. The minimum Gasteiger partial charge on any atom is -0.452 e. The van der Waals surface area contributed by atoms with Crippen LogP contribution in [0.1, 0.15) is 81.1 Å². The number of benzene rings is 9. The number of aryl methyl sites for hydroxylation is 3. The summed E-state index contributed by atoms with van der Waals surface area (Å²) in [6.07, 6.45) is -17.3. The van der Waals surface area contributed by atoms with E-state index in [-0.39, 0.29) is 70.6 Å². The smallest absolute Gasteiger partial charge is 0.338 e. The zero-order valence-corrected chi connectivity index (χ0v) is 59.4. The van der Waals surface area contributed by atoms with Crippen LogP contribution in [0.4, 0.5) is 0 Å². The summed E-state index contributed by atoms with van der Waals surface area (Å²) in [6.45, 7) is 5.57. The molecule has 0 aromatic heterocycles. The number of thioether (sulfide) groups is 1. The van der Waals surface area contributed by atoms with Gasteiger partial charge in [-0.1, -0.05) is 235 Å². The minimum atomic E-state index is -1.65. The first-order chi connectivity index (χ1) is 50.9. The monoisotopic (exact) mass is 1430 g/mol. The molecule has 3 aliphatic rings. The molecule has 15 atom stereocenters. The number of carbonyl (C=O) groups excluding carboxylic acids is 3. The number of rotatable bonds is 32. The Kier molecular flexibility index (Phi) is 27.2. The molecule has 542 valence electrons. The summed E-state index contributed by atoms with van der Waals surface area (Å²) in [6, 6.07) is 78.1. The summed E-state index contributed by atoms with van der Waals surface area (Å²) in [5.41, 5.74) is 7.50. The van der Waals surface area contributed by atoms with Gasteiger partial charge in [0.1, 0.15) is 60.4 Å². The van der Waals surface area contributed by atoms with Crippen molar-refractivity contribution in [3.8, 4) is 0 Å². The van der Waals surface area contributed by atoms with E-state index in [4.69, 9.17) is 66.3 Å². The molecule has 0 radical (unpaired) electrons. The van der Waals surface area contributed by atoms with E-state index in [9.17, 15) is 14.7 Å². The highest BCUT2D eigenvalue weighted by atomic mass is 32.2. The first kappa shape index (κ1) is 75.0. The van der Waals surface area contributed by atoms with E-state index in [1.807, 2.05) is 221 Å². The topological polar surface area (TPSA) is 201 Å². The van der Waals surface area contributed by atoms with Gasteiger partial charge in [-0.3, -0.25) is 0 Å². The summed E-state index contributed by atoms with van der Waals surface area (Å²) in [5.74, 6) is -2.18. The molecule has 104 heavy (non-hydrogen) atoms. The van der Waals surface area contributed by atoms with Crippen LogP contribution in [0.5, 0.6) is 0 Å². The maximum absolute atomic E-state index is 15.4. The Morgan fingerprint density at radius 2 is 0.606 bits per heavy atom. The molecule has 0 amide bonds. The number of ether oxygens (including phenoxy) is 14. The fraction of sp³-hybridized carbons (Fsp3) is 0.329. The van der Waals surface area contributed by atoms with E-state index < -0.39 is 109 Å². The third-order valence-electron chi connectivity index (χ3n) is 18.2. The Morgan fingerprint density at radius 1 is 0.327 bits per heavy atom. The molecule has 15 unspecified atom stereocenters. The normalized spacial score (nSPS) is 24.6. The Morgan fingerprint density at radius 3 is 0.952 bits per heavy atom. The lowest BCUT2D eigenvalue weighted by Gasteiger charge is -2.51. The quantitative estimate of drug-likeness (QED) is 0.0308.